The predicted octanol–water partition coefficient (Wildman–Crippen LogP) is 3.80. The van der Waals surface area contributed by atoms with Crippen LogP contribution in [0.2, 0.25) is 0 Å². The van der Waals surface area contributed by atoms with Gasteiger partial charge in [0.15, 0.2) is 0 Å². The molecule has 6 heteroatoms. The molecular formula is C16H13F4NO. The van der Waals surface area contributed by atoms with Gasteiger partial charge in [0, 0.05) is 12.6 Å². The Kier molecular flexibility index (Phi) is 4.49. The predicted molar refractivity (Wildman–Crippen MR) is 74.6 cm³/mol. The van der Waals surface area contributed by atoms with Crippen molar-refractivity contribution in [3.05, 3.63) is 59.4 Å². The van der Waals surface area contributed by atoms with Gasteiger partial charge in [-0.05, 0) is 17.2 Å². The van der Waals surface area contributed by atoms with Gasteiger partial charge in [-0.2, -0.15) is 13.2 Å². The molecule has 0 aliphatic rings. The van der Waals surface area contributed by atoms with Crippen LogP contribution in [0, 0.1) is 5.82 Å². The smallest absolute Gasteiger partial charge is 0.359 e. The second-order valence-electron chi connectivity index (χ2n) is 4.67. The van der Waals surface area contributed by atoms with E-state index in [1.807, 2.05) is 0 Å². The molecule has 0 saturated heterocycles. The minimum Gasteiger partial charge on any atom is -0.359 e. The highest BCUT2D eigenvalue weighted by Crippen LogP contribution is 2.36. The van der Waals surface area contributed by atoms with E-state index in [1.165, 1.54) is 19.2 Å². The van der Waals surface area contributed by atoms with Crippen LogP contribution < -0.4 is 5.32 Å². The summed E-state index contributed by atoms with van der Waals surface area (Å²) in [6.45, 7) is 0. The van der Waals surface area contributed by atoms with Crippen LogP contribution in [0.5, 0.6) is 0 Å². The number of rotatable bonds is 3. The zero-order valence-corrected chi connectivity index (χ0v) is 11.7. The van der Waals surface area contributed by atoms with Gasteiger partial charge >= 0.3 is 6.18 Å². The Labute approximate surface area is 124 Å². The molecule has 0 aliphatic heterocycles. The van der Waals surface area contributed by atoms with Gasteiger partial charge in [-0.15, -0.1) is 0 Å². The van der Waals surface area contributed by atoms with Gasteiger partial charge in [-0.25, -0.2) is 4.39 Å². The number of halogens is 4. The normalized spacial score (nSPS) is 11.3. The number of amides is 1. The zero-order valence-electron chi connectivity index (χ0n) is 11.7. The van der Waals surface area contributed by atoms with E-state index < -0.39 is 17.6 Å². The number of likely N-dealkylation sites (N-methyl/N-ethyl adjacent to an activating group) is 1. The van der Waals surface area contributed by atoms with Gasteiger partial charge < -0.3 is 5.32 Å². The van der Waals surface area contributed by atoms with E-state index in [4.69, 9.17) is 0 Å². The molecule has 0 saturated carbocycles. The van der Waals surface area contributed by atoms with Crippen LogP contribution in [0.4, 0.5) is 17.6 Å². The molecule has 0 spiro atoms. The molecule has 2 rings (SSSR count). The number of carbonyl (C=O) groups is 1. The molecule has 0 radical (unpaired) electrons. The third-order valence-corrected chi connectivity index (χ3v) is 3.24. The summed E-state index contributed by atoms with van der Waals surface area (Å²) in [6, 6.07) is 9.43. The van der Waals surface area contributed by atoms with Crippen LogP contribution in [0.25, 0.3) is 11.1 Å². The Morgan fingerprint density at radius 3 is 2.32 bits per heavy atom. The van der Waals surface area contributed by atoms with Crippen molar-refractivity contribution >= 4 is 5.91 Å². The molecule has 1 amide bonds. The number of carbonyl (C=O) groups excluding carboxylic acids is 1. The van der Waals surface area contributed by atoms with Crippen molar-refractivity contribution in [1.82, 2.24) is 5.32 Å². The van der Waals surface area contributed by atoms with Crippen molar-refractivity contribution in [2.75, 3.05) is 7.05 Å². The van der Waals surface area contributed by atoms with Crippen LogP contribution in [0.15, 0.2) is 42.5 Å². The first-order chi connectivity index (χ1) is 10.3. The summed E-state index contributed by atoms with van der Waals surface area (Å²) in [5.74, 6) is -1.64. The van der Waals surface area contributed by atoms with E-state index in [0.717, 1.165) is 6.07 Å². The van der Waals surface area contributed by atoms with Gasteiger partial charge in [0.1, 0.15) is 5.82 Å². The Morgan fingerprint density at radius 2 is 1.68 bits per heavy atom. The quantitative estimate of drug-likeness (QED) is 0.858. The SMILES string of the molecule is CNC(=O)Cc1ccccc1-c1cccc(C(F)(F)F)c1F. The lowest BCUT2D eigenvalue weighted by Crippen LogP contribution is -2.20. The summed E-state index contributed by atoms with van der Waals surface area (Å²) >= 11 is 0. The average molecular weight is 311 g/mol. The van der Waals surface area contributed by atoms with Gasteiger partial charge in [0.2, 0.25) is 5.91 Å². The Morgan fingerprint density at radius 1 is 1.05 bits per heavy atom. The molecule has 0 heterocycles. The molecule has 22 heavy (non-hydrogen) atoms. The number of nitrogens with one attached hydrogen (secondary N) is 1. The van der Waals surface area contributed by atoms with E-state index >= 15 is 0 Å². The van der Waals surface area contributed by atoms with Crippen LogP contribution in [0.3, 0.4) is 0 Å². The van der Waals surface area contributed by atoms with E-state index in [-0.39, 0.29) is 23.5 Å². The molecule has 0 aromatic heterocycles. The monoisotopic (exact) mass is 311 g/mol. The van der Waals surface area contributed by atoms with Crippen molar-refractivity contribution in [1.29, 1.82) is 0 Å². The summed E-state index contributed by atoms with van der Waals surface area (Å²) in [7, 11) is 1.45. The van der Waals surface area contributed by atoms with E-state index in [1.54, 1.807) is 18.2 Å². The molecule has 2 nitrogen and oxygen atoms in total. The fourth-order valence-electron chi connectivity index (χ4n) is 2.16. The fraction of sp³-hybridized carbons (Fsp3) is 0.188. The maximum Gasteiger partial charge on any atom is 0.419 e. The fourth-order valence-corrected chi connectivity index (χ4v) is 2.16. The summed E-state index contributed by atoms with van der Waals surface area (Å²) in [5, 5.41) is 2.43. The molecule has 0 bridgehead atoms. The Hall–Kier alpha value is -2.37. The molecule has 2 aromatic carbocycles. The van der Waals surface area contributed by atoms with Crippen LogP contribution in [0.1, 0.15) is 11.1 Å². The number of benzene rings is 2. The van der Waals surface area contributed by atoms with Crippen LogP contribution in [-0.2, 0) is 17.4 Å². The molecule has 2 aromatic rings. The van der Waals surface area contributed by atoms with Crippen LogP contribution >= 0.6 is 0 Å². The van der Waals surface area contributed by atoms with E-state index in [2.05, 4.69) is 5.32 Å². The van der Waals surface area contributed by atoms with Crippen LogP contribution in [-0.4, -0.2) is 13.0 Å². The first-order valence-corrected chi connectivity index (χ1v) is 6.49. The maximum absolute atomic E-state index is 14.2. The van der Waals surface area contributed by atoms with Gasteiger partial charge in [-0.3, -0.25) is 4.79 Å². The zero-order chi connectivity index (χ0) is 16.3. The number of hydrogen-bond donors (Lipinski definition) is 1. The second-order valence-corrected chi connectivity index (χ2v) is 4.67. The van der Waals surface area contributed by atoms with Gasteiger partial charge in [-0.1, -0.05) is 36.4 Å². The third-order valence-electron chi connectivity index (χ3n) is 3.24. The van der Waals surface area contributed by atoms with E-state index in [0.29, 0.717) is 11.6 Å². The number of hydrogen-bond acceptors (Lipinski definition) is 1. The van der Waals surface area contributed by atoms with Gasteiger partial charge in [0.05, 0.1) is 12.0 Å². The van der Waals surface area contributed by atoms with Crippen molar-refractivity contribution < 1.29 is 22.4 Å². The molecular weight excluding hydrogens is 298 g/mol. The highest BCUT2D eigenvalue weighted by molar-refractivity contribution is 5.82. The Balaban J connectivity index is 2.56. The summed E-state index contributed by atoms with van der Waals surface area (Å²) in [6.07, 6.45) is -4.81. The minimum absolute atomic E-state index is 0.0393. The molecule has 0 fully saturated rings. The highest BCUT2D eigenvalue weighted by atomic mass is 19.4. The summed E-state index contributed by atoms with van der Waals surface area (Å²) in [4.78, 5) is 11.5. The molecule has 116 valence electrons. The lowest BCUT2D eigenvalue weighted by atomic mass is 9.95. The molecule has 0 aliphatic carbocycles. The van der Waals surface area contributed by atoms with Gasteiger partial charge in [0.25, 0.3) is 0 Å². The Bertz CT molecular complexity index is 695. The second kappa shape index (κ2) is 6.17. The lowest BCUT2D eigenvalue weighted by molar-refractivity contribution is -0.139. The molecule has 0 atom stereocenters. The average Bonchev–Trinajstić information content (AvgIpc) is 2.47. The maximum atomic E-state index is 14.2. The van der Waals surface area contributed by atoms with Crippen molar-refractivity contribution in [3.8, 4) is 11.1 Å². The first kappa shape index (κ1) is 16.0. The molecule has 1 N–H and O–H groups in total. The highest BCUT2D eigenvalue weighted by Gasteiger charge is 2.35. The van der Waals surface area contributed by atoms with Crippen molar-refractivity contribution in [3.63, 3.8) is 0 Å². The largest absolute Gasteiger partial charge is 0.419 e. The standard InChI is InChI=1S/C16H13F4NO/c1-21-14(22)9-10-5-2-3-6-11(10)12-7-4-8-13(15(12)17)16(18,19)20/h2-8H,9H2,1H3,(H,21,22). The van der Waals surface area contributed by atoms with Crippen molar-refractivity contribution in [2.45, 2.75) is 12.6 Å². The minimum atomic E-state index is -4.77. The lowest BCUT2D eigenvalue weighted by Gasteiger charge is -2.14. The summed E-state index contributed by atoms with van der Waals surface area (Å²) in [5.41, 5.74) is -0.760. The van der Waals surface area contributed by atoms with Crippen molar-refractivity contribution in [2.24, 2.45) is 0 Å². The number of alkyl halides is 3. The molecule has 0 unspecified atom stereocenters. The topological polar surface area (TPSA) is 29.1 Å². The third kappa shape index (κ3) is 3.27. The first-order valence-electron chi connectivity index (χ1n) is 6.49. The summed E-state index contributed by atoms with van der Waals surface area (Å²) < 4.78 is 52.6. The van der Waals surface area contributed by atoms with E-state index in [9.17, 15) is 22.4 Å².